The minimum absolute atomic E-state index is 0.0184. The maximum atomic E-state index is 12.4. The molecule has 0 radical (unpaired) electrons. The first kappa shape index (κ1) is 18.5. The van der Waals surface area contributed by atoms with Gasteiger partial charge in [-0.2, -0.15) is 0 Å². The predicted octanol–water partition coefficient (Wildman–Crippen LogP) is 1.44. The molecule has 27 heavy (non-hydrogen) atoms. The van der Waals surface area contributed by atoms with E-state index in [1.54, 1.807) is 36.5 Å². The Hall–Kier alpha value is -3.26. The predicted molar refractivity (Wildman–Crippen MR) is 98.3 cm³/mol. The summed E-state index contributed by atoms with van der Waals surface area (Å²) in [7, 11) is 1.47. The highest BCUT2D eigenvalue weighted by Crippen LogP contribution is 2.28. The largest absolute Gasteiger partial charge is 0.493 e. The summed E-state index contributed by atoms with van der Waals surface area (Å²) in [6, 6.07) is 8.11. The smallest absolute Gasteiger partial charge is 0.262 e. The average molecular weight is 369 g/mol. The molecule has 0 spiro atoms. The lowest BCUT2D eigenvalue weighted by Gasteiger charge is -2.16. The average Bonchev–Trinajstić information content (AvgIpc) is 2.68. The van der Waals surface area contributed by atoms with Crippen LogP contribution in [0, 0.1) is 0 Å². The van der Waals surface area contributed by atoms with Crippen molar-refractivity contribution in [2.45, 2.75) is 19.6 Å². The molecule has 0 aliphatic heterocycles. The van der Waals surface area contributed by atoms with Crippen LogP contribution in [0.15, 0.2) is 47.7 Å². The molecule has 0 saturated carbocycles. The van der Waals surface area contributed by atoms with Crippen LogP contribution in [0.1, 0.15) is 17.3 Å². The van der Waals surface area contributed by atoms with Gasteiger partial charge in [0.2, 0.25) is 0 Å². The van der Waals surface area contributed by atoms with Crippen LogP contribution >= 0.6 is 0 Å². The molecular weight excluding hydrogens is 350 g/mol. The van der Waals surface area contributed by atoms with Crippen molar-refractivity contribution in [2.24, 2.45) is 0 Å². The highest BCUT2D eigenvalue weighted by atomic mass is 16.5. The topological polar surface area (TPSA) is 104 Å². The van der Waals surface area contributed by atoms with E-state index in [1.165, 1.54) is 24.9 Å². The fourth-order valence-corrected chi connectivity index (χ4v) is 2.60. The van der Waals surface area contributed by atoms with Gasteiger partial charge in [0.25, 0.3) is 5.56 Å². The second kappa shape index (κ2) is 7.96. The van der Waals surface area contributed by atoms with E-state index in [0.29, 0.717) is 28.1 Å². The van der Waals surface area contributed by atoms with Gasteiger partial charge in [-0.3, -0.25) is 14.2 Å². The molecule has 1 unspecified atom stereocenters. The molecule has 8 nitrogen and oxygen atoms in total. The quantitative estimate of drug-likeness (QED) is 0.629. The van der Waals surface area contributed by atoms with Crippen LogP contribution in [0.2, 0.25) is 0 Å². The number of hydrogen-bond acceptors (Lipinski definition) is 7. The Bertz CT molecular complexity index is 1030. The molecule has 3 aromatic rings. The molecule has 2 heterocycles. The molecule has 1 N–H and O–H groups in total. The summed E-state index contributed by atoms with van der Waals surface area (Å²) in [5.41, 5.74) is 0.581. The fourth-order valence-electron chi connectivity index (χ4n) is 2.60. The van der Waals surface area contributed by atoms with Gasteiger partial charge in [-0.25, -0.2) is 9.97 Å². The standard InChI is InChI=1S/C19H19N3O5/c1-12(23)13-5-6-16(17(8-13)26-2)27-10-14(24)9-22-11-21-18-15(19(22)25)4-3-7-20-18/h3-8,11,14,24H,9-10H2,1-2H3. The molecular formula is C19H19N3O5. The van der Waals surface area contributed by atoms with E-state index in [1.807, 2.05) is 0 Å². The first-order valence-corrected chi connectivity index (χ1v) is 8.29. The van der Waals surface area contributed by atoms with Gasteiger partial charge in [0, 0.05) is 11.8 Å². The summed E-state index contributed by atoms with van der Waals surface area (Å²) in [6.45, 7) is 1.42. The van der Waals surface area contributed by atoms with E-state index < -0.39 is 6.10 Å². The Morgan fingerprint density at radius 1 is 1.26 bits per heavy atom. The number of methoxy groups -OCH3 is 1. The van der Waals surface area contributed by atoms with Crippen molar-refractivity contribution in [1.29, 1.82) is 0 Å². The van der Waals surface area contributed by atoms with Crippen LogP contribution in [-0.4, -0.2) is 45.2 Å². The zero-order chi connectivity index (χ0) is 19.4. The Labute approximate surface area is 155 Å². The molecule has 0 saturated heterocycles. The molecule has 0 aliphatic carbocycles. The lowest BCUT2D eigenvalue weighted by molar-refractivity contribution is 0.0898. The summed E-state index contributed by atoms with van der Waals surface area (Å²) < 4.78 is 12.1. The van der Waals surface area contributed by atoms with Crippen molar-refractivity contribution >= 4 is 16.8 Å². The number of fused-ring (bicyclic) bond motifs is 1. The Kier molecular flexibility index (Phi) is 5.46. The van der Waals surface area contributed by atoms with Crippen LogP contribution in [0.25, 0.3) is 11.0 Å². The third-order valence-electron chi connectivity index (χ3n) is 4.01. The van der Waals surface area contributed by atoms with Crippen LogP contribution in [0.3, 0.4) is 0 Å². The van der Waals surface area contributed by atoms with E-state index in [2.05, 4.69) is 9.97 Å². The highest BCUT2D eigenvalue weighted by Gasteiger charge is 2.13. The number of hydrogen-bond donors (Lipinski definition) is 1. The molecule has 2 aromatic heterocycles. The van der Waals surface area contributed by atoms with Crippen molar-refractivity contribution in [3.8, 4) is 11.5 Å². The molecule has 0 bridgehead atoms. The normalized spacial score (nSPS) is 12.0. The number of carbonyl (C=O) groups is 1. The van der Waals surface area contributed by atoms with Gasteiger partial charge in [0.15, 0.2) is 22.9 Å². The number of nitrogens with zero attached hydrogens (tertiary/aromatic N) is 3. The molecule has 140 valence electrons. The number of aliphatic hydroxyl groups is 1. The molecule has 1 aromatic carbocycles. The third kappa shape index (κ3) is 4.12. The van der Waals surface area contributed by atoms with E-state index in [-0.39, 0.29) is 24.5 Å². The van der Waals surface area contributed by atoms with Gasteiger partial charge in [-0.05, 0) is 37.3 Å². The second-order valence-electron chi connectivity index (χ2n) is 5.96. The van der Waals surface area contributed by atoms with Crippen molar-refractivity contribution in [3.63, 3.8) is 0 Å². The highest BCUT2D eigenvalue weighted by molar-refractivity contribution is 5.94. The van der Waals surface area contributed by atoms with Gasteiger partial charge >= 0.3 is 0 Å². The van der Waals surface area contributed by atoms with Crippen LogP contribution in [0.4, 0.5) is 0 Å². The number of ketones is 1. The van der Waals surface area contributed by atoms with Gasteiger partial charge < -0.3 is 14.6 Å². The number of aromatic nitrogens is 3. The first-order valence-electron chi connectivity index (χ1n) is 8.29. The van der Waals surface area contributed by atoms with E-state index in [9.17, 15) is 14.7 Å². The summed E-state index contributed by atoms with van der Waals surface area (Å²) in [5, 5.41) is 10.6. The van der Waals surface area contributed by atoms with Crippen molar-refractivity contribution in [3.05, 3.63) is 58.8 Å². The molecule has 0 amide bonds. The summed E-state index contributed by atoms with van der Waals surface area (Å²) in [5.74, 6) is 0.706. The number of rotatable bonds is 7. The minimum Gasteiger partial charge on any atom is -0.493 e. The zero-order valence-corrected chi connectivity index (χ0v) is 15.0. The summed E-state index contributed by atoms with van der Waals surface area (Å²) in [4.78, 5) is 32.0. The number of Topliss-reactive ketones (excluding diaryl/α,β-unsaturated/α-hetero) is 1. The number of benzene rings is 1. The second-order valence-corrected chi connectivity index (χ2v) is 5.96. The maximum Gasteiger partial charge on any atom is 0.262 e. The van der Waals surface area contributed by atoms with Gasteiger partial charge in [-0.1, -0.05) is 0 Å². The van der Waals surface area contributed by atoms with Crippen LogP contribution in [0.5, 0.6) is 11.5 Å². The van der Waals surface area contributed by atoms with E-state index in [0.717, 1.165) is 0 Å². The van der Waals surface area contributed by atoms with Crippen LogP contribution < -0.4 is 15.0 Å². The van der Waals surface area contributed by atoms with Gasteiger partial charge in [-0.15, -0.1) is 0 Å². The monoisotopic (exact) mass is 369 g/mol. The number of ether oxygens (including phenoxy) is 2. The lowest BCUT2D eigenvalue weighted by atomic mass is 10.1. The molecule has 0 aliphatic rings. The Morgan fingerprint density at radius 2 is 2.07 bits per heavy atom. The zero-order valence-electron chi connectivity index (χ0n) is 15.0. The van der Waals surface area contributed by atoms with Crippen molar-refractivity contribution in [1.82, 2.24) is 14.5 Å². The van der Waals surface area contributed by atoms with E-state index in [4.69, 9.17) is 9.47 Å². The van der Waals surface area contributed by atoms with Crippen molar-refractivity contribution < 1.29 is 19.4 Å². The van der Waals surface area contributed by atoms with Crippen LogP contribution in [-0.2, 0) is 6.54 Å². The van der Waals surface area contributed by atoms with Crippen molar-refractivity contribution in [2.75, 3.05) is 13.7 Å². The molecule has 8 heteroatoms. The number of carbonyl (C=O) groups excluding carboxylic acids is 1. The lowest BCUT2D eigenvalue weighted by Crippen LogP contribution is -2.30. The number of pyridine rings is 1. The maximum absolute atomic E-state index is 12.4. The Morgan fingerprint density at radius 3 is 2.81 bits per heavy atom. The fraction of sp³-hybridized carbons (Fsp3) is 0.263. The SMILES string of the molecule is COc1cc(C(C)=O)ccc1OCC(O)Cn1cnc2ncccc2c1=O. The minimum atomic E-state index is -0.948. The van der Waals surface area contributed by atoms with Gasteiger partial charge in [0.1, 0.15) is 19.0 Å². The third-order valence-corrected chi connectivity index (χ3v) is 4.01. The molecule has 3 rings (SSSR count). The molecule has 0 fully saturated rings. The summed E-state index contributed by atoms with van der Waals surface area (Å²) in [6.07, 6.45) is 1.96. The molecule has 1 atom stereocenters. The Balaban J connectivity index is 1.70. The number of aliphatic hydroxyl groups excluding tert-OH is 1. The first-order chi connectivity index (χ1) is 13.0. The van der Waals surface area contributed by atoms with Gasteiger partial charge in [0.05, 0.1) is 19.0 Å². The van der Waals surface area contributed by atoms with E-state index >= 15 is 0 Å². The summed E-state index contributed by atoms with van der Waals surface area (Å²) >= 11 is 0.